The van der Waals surface area contributed by atoms with Crippen LogP contribution in [0.3, 0.4) is 0 Å². The molecule has 0 saturated heterocycles. The number of halogens is 9. The van der Waals surface area contributed by atoms with Crippen molar-refractivity contribution < 1.29 is 66.1 Å². The van der Waals surface area contributed by atoms with Crippen LogP contribution in [0, 0.1) is 0 Å². The first-order chi connectivity index (χ1) is 19.9. The minimum atomic E-state index is -4.38. The van der Waals surface area contributed by atoms with E-state index in [4.69, 9.17) is 26.6 Å². The summed E-state index contributed by atoms with van der Waals surface area (Å²) in [7, 11) is 0.750. The monoisotopic (exact) mass is 701 g/mol. The summed E-state index contributed by atoms with van der Waals surface area (Å²) in [6.07, 6.45) is -16.1. The lowest BCUT2D eigenvalue weighted by atomic mass is 10.1. The van der Waals surface area contributed by atoms with Gasteiger partial charge in [-0.05, 0) is 58.2 Å². The molecule has 0 aliphatic heterocycles. The Hall–Kier alpha value is -0.259. The van der Waals surface area contributed by atoms with Gasteiger partial charge in [-0.25, -0.2) is 0 Å². The van der Waals surface area contributed by atoms with E-state index in [1.807, 2.05) is 4.90 Å². The fourth-order valence-electron chi connectivity index (χ4n) is 5.12. The molecule has 0 aromatic rings. The van der Waals surface area contributed by atoms with Gasteiger partial charge in [0.2, 0.25) is 0 Å². The van der Waals surface area contributed by atoms with Gasteiger partial charge >= 0.3 is 46.4 Å². The van der Waals surface area contributed by atoms with Crippen LogP contribution in [0.4, 0.5) is 39.5 Å². The highest BCUT2D eigenvalue weighted by Crippen LogP contribution is 2.34. The van der Waals surface area contributed by atoms with Gasteiger partial charge in [0.15, 0.2) is 0 Å². The van der Waals surface area contributed by atoms with Gasteiger partial charge in [0.1, 0.15) is 0 Å². The first kappa shape index (κ1) is 42.7. The van der Waals surface area contributed by atoms with Gasteiger partial charge in [-0.2, -0.15) is 39.5 Å². The second kappa shape index (κ2) is 21.5. The van der Waals surface area contributed by atoms with Crippen LogP contribution in [0.25, 0.3) is 0 Å². The Morgan fingerprint density at radius 3 is 0.791 bits per heavy atom. The fourth-order valence-corrected chi connectivity index (χ4v) is 10.6. The highest BCUT2D eigenvalue weighted by atomic mass is 28.3. The Balaban J connectivity index is 5.95. The number of hydrogen-bond donors (Lipinski definition) is 0. The third-order valence-corrected chi connectivity index (χ3v) is 14.5. The molecule has 0 N–H and O–H groups in total. The number of hydrogen-bond acceptors (Lipinski definition) is 7. The molecule has 260 valence electrons. The van der Waals surface area contributed by atoms with Crippen LogP contribution in [0.1, 0.15) is 57.8 Å². The molecule has 0 bridgehead atoms. The molecule has 0 aliphatic carbocycles. The van der Waals surface area contributed by atoms with Crippen LogP contribution >= 0.6 is 0 Å². The van der Waals surface area contributed by atoms with Crippen molar-refractivity contribution in [2.24, 2.45) is 0 Å². The first-order valence-electron chi connectivity index (χ1n) is 14.0. The van der Waals surface area contributed by atoms with Gasteiger partial charge < -0.3 is 31.5 Å². The highest BCUT2D eigenvalue weighted by molar-refractivity contribution is 6.47. The maximum absolute atomic E-state index is 13.0. The van der Waals surface area contributed by atoms with E-state index in [1.54, 1.807) is 0 Å². The Labute approximate surface area is 254 Å². The Morgan fingerprint density at radius 2 is 0.628 bits per heavy atom. The van der Waals surface area contributed by atoms with Crippen molar-refractivity contribution in [2.75, 3.05) is 62.3 Å². The lowest BCUT2D eigenvalue weighted by Crippen LogP contribution is -2.36. The Kier molecular flexibility index (Phi) is 21.4. The minimum absolute atomic E-state index is 0.219. The van der Waals surface area contributed by atoms with E-state index in [9.17, 15) is 39.5 Å². The van der Waals surface area contributed by atoms with Gasteiger partial charge in [0, 0.05) is 78.5 Å². The molecule has 0 amide bonds. The molecule has 0 radical (unpaired) electrons. The summed E-state index contributed by atoms with van der Waals surface area (Å²) >= 11 is 0. The molecule has 0 fully saturated rings. The van der Waals surface area contributed by atoms with Gasteiger partial charge in [0.05, 0.1) is 0 Å². The van der Waals surface area contributed by atoms with Crippen molar-refractivity contribution in [2.45, 2.75) is 92.9 Å². The predicted octanol–water partition coefficient (Wildman–Crippen LogP) is 6.14. The summed E-state index contributed by atoms with van der Waals surface area (Å²) in [5, 5.41) is 0. The van der Waals surface area contributed by atoms with Crippen molar-refractivity contribution in [1.82, 2.24) is 4.90 Å². The predicted molar refractivity (Wildman–Crippen MR) is 151 cm³/mol. The topological polar surface area (TPSA) is 58.6 Å². The van der Waals surface area contributed by atoms with E-state index in [1.165, 1.54) is 42.7 Å². The quantitative estimate of drug-likeness (QED) is 0.0887. The standard InChI is InChI=1S/C24H48F9NO6Si3/c1-35-41(36-2)19(7-13-22(25,26)27)10-16-34(17-11-20(42(37-3)38-4)8-14-23(28,29)30)18-12-21(43(39-5)40-6)9-15-24(31,32)33/h19-21,41-43H,7-18H2,1-6H3. The molecule has 0 aromatic carbocycles. The molecular weight excluding hydrogens is 654 g/mol. The molecule has 3 atom stereocenters. The number of rotatable bonds is 24. The molecule has 0 aliphatic rings. The zero-order chi connectivity index (χ0) is 33.3. The van der Waals surface area contributed by atoms with E-state index in [-0.39, 0.29) is 58.2 Å². The lowest BCUT2D eigenvalue weighted by Gasteiger charge is -2.31. The van der Waals surface area contributed by atoms with Crippen molar-refractivity contribution in [1.29, 1.82) is 0 Å². The van der Waals surface area contributed by atoms with Gasteiger partial charge in [0.25, 0.3) is 0 Å². The van der Waals surface area contributed by atoms with Gasteiger partial charge in [-0.15, -0.1) is 0 Å². The Morgan fingerprint density at radius 1 is 0.419 bits per heavy atom. The maximum atomic E-state index is 13.0. The molecular formula is C24H48F9NO6Si3. The highest BCUT2D eigenvalue weighted by Gasteiger charge is 2.36. The molecule has 19 heteroatoms. The smallest absolute Gasteiger partial charge is 0.389 e. The second-order valence-electron chi connectivity index (χ2n) is 10.5. The van der Waals surface area contributed by atoms with Crippen LogP contribution in [0.2, 0.25) is 16.6 Å². The molecule has 3 unspecified atom stereocenters. The van der Waals surface area contributed by atoms with Crippen LogP contribution in [-0.2, 0) is 26.6 Å². The number of alkyl halides is 9. The molecule has 0 saturated carbocycles. The van der Waals surface area contributed by atoms with Crippen molar-refractivity contribution >= 4 is 27.9 Å². The average molecular weight is 702 g/mol. The summed E-state index contributed by atoms with van der Waals surface area (Å²) in [6, 6.07) is 0. The van der Waals surface area contributed by atoms with E-state index < -0.39 is 82.3 Å². The molecule has 7 nitrogen and oxygen atoms in total. The normalized spacial score (nSPS) is 15.7. The molecule has 0 aromatic heterocycles. The van der Waals surface area contributed by atoms with E-state index >= 15 is 0 Å². The van der Waals surface area contributed by atoms with Crippen LogP contribution in [0.15, 0.2) is 0 Å². The van der Waals surface area contributed by atoms with Crippen molar-refractivity contribution in [3.63, 3.8) is 0 Å². The number of nitrogens with zero attached hydrogens (tertiary/aromatic N) is 1. The van der Waals surface area contributed by atoms with Crippen LogP contribution in [0.5, 0.6) is 0 Å². The van der Waals surface area contributed by atoms with E-state index in [0.717, 1.165) is 0 Å². The summed E-state index contributed by atoms with van der Waals surface area (Å²) in [4.78, 5) is 1.87. The largest absolute Gasteiger partial charge is 0.400 e. The van der Waals surface area contributed by atoms with Crippen LogP contribution < -0.4 is 0 Å². The summed E-state index contributed by atoms with van der Waals surface area (Å²) in [6.45, 7) is 0.735. The van der Waals surface area contributed by atoms with Crippen molar-refractivity contribution in [3.05, 3.63) is 0 Å². The second-order valence-corrected chi connectivity index (χ2v) is 18.3. The van der Waals surface area contributed by atoms with Crippen molar-refractivity contribution in [3.8, 4) is 0 Å². The minimum Gasteiger partial charge on any atom is -0.400 e. The zero-order valence-electron chi connectivity index (χ0n) is 25.7. The van der Waals surface area contributed by atoms with E-state index in [2.05, 4.69) is 0 Å². The zero-order valence-corrected chi connectivity index (χ0v) is 29.2. The SMILES string of the molecule is CO[SiH](OC)C(CCN(CCC(CCC(F)(F)F)[SiH](OC)OC)CCC(CCC(F)(F)F)[SiH](OC)OC)CCC(F)(F)F. The molecule has 0 heterocycles. The third kappa shape index (κ3) is 20.5. The molecule has 43 heavy (non-hydrogen) atoms. The molecule has 0 spiro atoms. The van der Waals surface area contributed by atoms with Gasteiger partial charge in [-0.1, -0.05) is 0 Å². The maximum Gasteiger partial charge on any atom is 0.389 e. The summed E-state index contributed by atoms with van der Waals surface area (Å²) in [5.41, 5.74) is -1.58. The van der Waals surface area contributed by atoms with Gasteiger partial charge in [-0.3, -0.25) is 0 Å². The fraction of sp³-hybridized carbons (Fsp3) is 1.00. The molecule has 0 rings (SSSR count). The third-order valence-electron chi connectivity index (χ3n) is 7.39. The average Bonchev–Trinajstić information content (AvgIpc) is 2.91. The summed E-state index contributed by atoms with van der Waals surface area (Å²) < 4.78 is 149. The first-order valence-corrected chi connectivity index (χ1v) is 18.9. The van der Waals surface area contributed by atoms with Crippen LogP contribution in [-0.4, -0.2) is 114 Å². The Bertz CT molecular complexity index is 609. The lowest BCUT2D eigenvalue weighted by molar-refractivity contribution is -0.136. The summed E-state index contributed by atoms with van der Waals surface area (Å²) in [5.74, 6) is 0. The van der Waals surface area contributed by atoms with E-state index in [0.29, 0.717) is 0 Å².